The van der Waals surface area contributed by atoms with Crippen molar-refractivity contribution in [2.45, 2.75) is 70.1 Å². The van der Waals surface area contributed by atoms with E-state index in [-0.39, 0.29) is 5.60 Å². The second kappa shape index (κ2) is 3.82. The first-order chi connectivity index (χ1) is 6.63. The first kappa shape index (κ1) is 10.4. The van der Waals surface area contributed by atoms with Crippen LogP contribution in [0, 0.1) is 0 Å². The monoisotopic (exact) mass is 197 g/mol. The lowest BCUT2D eigenvalue weighted by atomic mass is 9.74. The van der Waals surface area contributed by atoms with Crippen LogP contribution in [0.25, 0.3) is 0 Å². The Morgan fingerprint density at radius 2 is 1.93 bits per heavy atom. The molecule has 1 saturated carbocycles. The summed E-state index contributed by atoms with van der Waals surface area (Å²) < 4.78 is 0. The van der Waals surface area contributed by atoms with Gasteiger partial charge in [0.15, 0.2) is 0 Å². The Morgan fingerprint density at radius 3 is 2.64 bits per heavy atom. The van der Waals surface area contributed by atoms with Crippen LogP contribution in [0.4, 0.5) is 0 Å². The largest absolute Gasteiger partial charge is 0.388 e. The SMILES string of the molecule is CC(C)N1CCCC2(O)CCCCC12. The van der Waals surface area contributed by atoms with Crippen molar-refractivity contribution in [3.05, 3.63) is 0 Å². The van der Waals surface area contributed by atoms with E-state index in [1.165, 1.54) is 32.2 Å². The molecule has 1 N–H and O–H groups in total. The van der Waals surface area contributed by atoms with Crippen molar-refractivity contribution in [1.82, 2.24) is 4.90 Å². The summed E-state index contributed by atoms with van der Waals surface area (Å²) in [5.41, 5.74) is -0.346. The number of hydrogen-bond acceptors (Lipinski definition) is 2. The van der Waals surface area contributed by atoms with Gasteiger partial charge in [-0.15, -0.1) is 0 Å². The molecule has 2 heteroatoms. The molecule has 0 aromatic rings. The van der Waals surface area contributed by atoms with Crippen molar-refractivity contribution in [2.24, 2.45) is 0 Å². The molecule has 0 aromatic heterocycles. The number of rotatable bonds is 1. The predicted molar refractivity (Wildman–Crippen MR) is 58.3 cm³/mol. The average Bonchev–Trinajstić information content (AvgIpc) is 2.15. The fraction of sp³-hybridized carbons (Fsp3) is 1.00. The summed E-state index contributed by atoms with van der Waals surface area (Å²) in [6, 6.07) is 1.04. The van der Waals surface area contributed by atoms with Crippen molar-refractivity contribution in [1.29, 1.82) is 0 Å². The molecule has 0 aromatic carbocycles. The lowest BCUT2D eigenvalue weighted by Gasteiger charge is -2.51. The molecule has 2 atom stereocenters. The normalized spacial score (nSPS) is 39.9. The van der Waals surface area contributed by atoms with Gasteiger partial charge >= 0.3 is 0 Å². The molecular formula is C12H23NO. The molecule has 0 radical (unpaired) electrons. The molecule has 1 aliphatic carbocycles. The second-order valence-corrected chi connectivity index (χ2v) is 5.30. The molecule has 1 aliphatic heterocycles. The molecule has 2 fully saturated rings. The van der Waals surface area contributed by atoms with E-state index in [4.69, 9.17) is 0 Å². The molecule has 2 aliphatic rings. The number of fused-ring (bicyclic) bond motifs is 1. The minimum absolute atomic E-state index is 0.346. The molecule has 2 unspecified atom stereocenters. The molecule has 1 saturated heterocycles. The van der Waals surface area contributed by atoms with Crippen LogP contribution in [0.1, 0.15) is 52.4 Å². The second-order valence-electron chi connectivity index (χ2n) is 5.30. The van der Waals surface area contributed by atoms with Crippen molar-refractivity contribution in [2.75, 3.05) is 6.54 Å². The zero-order chi connectivity index (χ0) is 10.2. The first-order valence-electron chi connectivity index (χ1n) is 6.11. The topological polar surface area (TPSA) is 23.5 Å². The summed E-state index contributed by atoms with van der Waals surface area (Å²) in [7, 11) is 0. The molecule has 14 heavy (non-hydrogen) atoms. The quantitative estimate of drug-likeness (QED) is 0.696. The van der Waals surface area contributed by atoms with E-state index in [1.807, 2.05) is 0 Å². The van der Waals surface area contributed by atoms with Gasteiger partial charge < -0.3 is 5.11 Å². The third-order valence-electron chi connectivity index (χ3n) is 4.05. The van der Waals surface area contributed by atoms with Gasteiger partial charge in [0.1, 0.15) is 0 Å². The van der Waals surface area contributed by atoms with Crippen molar-refractivity contribution in [3.8, 4) is 0 Å². The molecule has 2 nitrogen and oxygen atoms in total. The van der Waals surface area contributed by atoms with E-state index in [0.717, 1.165) is 12.8 Å². The van der Waals surface area contributed by atoms with Crippen LogP contribution in [-0.2, 0) is 0 Å². The summed E-state index contributed by atoms with van der Waals surface area (Å²) in [6.45, 7) is 5.69. The van der Waals surface area contributed by atoms with E-state index < -0.39 is 0 Å². The standard InChI is InChI=1S/C12H23NO/c1-10(2)13-9-5-8-12(14)7-4-3-6-11(12)13/h10-11,14H,3-9H2,1-2H3. The summed E-state index contributed by atoms with van der Waals surface area (Å²) in [5, 5.41) is 10.6. The van der Waals surface area contributed by atoms with Crippen molar-refractivity contribution in [3.63, 3.8) is 0 Å². The lowest BCUT2D eigenvalue weighted by Crippen LogP contribution is -2.60. The van der Waals surface area contributed by atoms with Gasteiger partial charge in [-0.2, -0.15) is 0 Å². The van der Waals surface area contributed by atoms with E-state index in [1.54, 1.807) is 0 Å². The smallest absolute Gasteiger partial charge is 0.0802 e. The van der Waals surface area contributed by atoms with Gasteiger partial charge in [0.25, 0.3) is 0 Å². The molecule has 82 valence electrons. The van der Waals surface area contributed by atoms with Crippen LogP contribution in [0.3, 0.4) is 0 Å². The Morgan fingerprint density at radius 1 is 1.21 bits per heavy atom. The molecule has 0 bridgehead atoms. The minimum Gasteiger partial charge on any atom is -0.388 e. The van der Waals surface area contributed by atoms with Crippen LogP contribution < -0.4 is 0 Å². The fourth-order valence-corrected chi connectivity index (χ4v) is 3.31. The minimum atomic E-state index is -0.346. The average molecular weight is 197 g/mol. The Kier molecular flexibility index (Phi) is 2.85. The summed E-state index contributed by atoms with van der Waals surface area (Å²) in [6.07, 6.45) is 6.96. The Bertz CT molecular complexity index is 200. The highest BCUT2D eigenvalue weighted by Crippen LogP contribution is 2.39. The Balaban J connectivity index is 2.14. The van der Waals surface area contributed by atoms with Gasteiger partial charge in [-0.05, 0) is 46.1 Å². The molecular weight excluding hydrogens is 174 g/mol. The number of likely N-dealkylation sites (tertiary alicyclic amines) is 1. The number of nitrogens with zero attached hydrogens (tertiary/aromatic N) is 1. The lowest BCUT2D eigenvalue weighted by molar-refractivity contribution is -0.112. The van der Waals surface area contributed by atoms with Crippen LogP contribution in [0.15, 0.2) is 0 Å². The van der Waals surface area contributed by atoms with Gasteiger partial charge in [0.05, 0.1) is 5.60 Å². The van der Waals surface area contributed by atoms with Crippen LogP contribution >= 0.6 is 0 Å². The molecule has 2 rings (SSSR count). The number of piperidine rings is 1. The van der Waals surface area contributed by atoms with Gasteiger partial charge in [-0.1, -0.05) is 12.8 Å². The van der Waals surface area contributed by atoms with Gasteiger partial charge in [0.2, 0.25) is 0 Å². The molecule has 1 heterocycles. The van der Waals surface area contributed by atoms with Gasteiger partial charge in [-0.25, -0.2) is 0 Å². The third-order valence-corrected chi connectivity index (χ3v) is 4.05. The third kappa shape index (κ3) is 1.70. The summed E-state index contributed by atoms with van der Waals surface area (Å²) in [4.78, 5) is 2.52. The summed E-state index contributed by atoms with van der Waals surface area (Å²) >= 11 is 0. The number of aliphatic hydroxyl groups is 1. The maximum atomic E-state index is 10.6. The summed E-state index contributed by atoms with van der Waals surface area (Å²) in [5.74, 6) is 0. The Hall–Kier alpha value is -0.0800. The van der Waals surface area contributed by atoms with Gasteiger partial charge in [-0.3, -0.25) is 4.90 Å². The van der Waals surface area contributed by atoms with Crippen LogP contribution in [0.2, 0.25) is 0 Å². The highest BCUT2D eigenvalue weighted by atomic mass is 16.3. The van der Waals surface area contributed by atoms with E-state index in [0.29, 0.717) is 12.1 Å². The highest BCUT2D eigenvalue weighted by molar-refractivity contribution is 4.99. The number of hydrogen-bond donors (Lipinski definition) is 1. The van der Waals surface area contributed by atoms with Crippen LogP contribution in [0.5, 0.6) is 0 Å². The van der Waals surface area contributed by atoms with E-state index in [9.17, 15) is 5.11 Å². The first-order valence-corrected chi connectivity index (χ1v) is 6.11. The van der Waals surface area contributed by atoms with Crippen LogP contribution in [-0.4, -0.2) is 34.2 Å². The molecule has 0 amide bonds. The maximum Gasteiger partial charge on any atom is 0.0802 e. The predicted octanol–water partition coefficient (Wildman–Crippen LogP) is 2.16. The van der Waals surface area contributed by atoms with Crippen molar-refractivity contribution >= 4 is 0 Å². The molecule has 0 spiro atoms. The van der Waals surface area contributed by atoms with E-state index >= 15 is 0 Å². The van der Waals surface area contributed by atoms with Crippen molar-refractivity contribution < 1.29 is 5.11 Å². The van der Waals surface area contributed by atoms with Gasteiger partial charge in [0, 0.05) is 12.1 Å². The van der Waals surface area contributed by atoms with E-state index in [2.05, 4.69) is 18.7 Å². The fourth-order valence-electron chi connectivity index (χ4n) is 3.31. The Labute approximate surface area is 87.3 Å². The highest BCUT2D eigenvalue weighted by Gasteiger charge is 2.44. The zero-order valence-corrected chi connectivity index (χ0v) is 9.50. The maximum absolute atomic E-state index is 10.6. The zero-order valence-electron chi connectivity index (χ0n) is 9.50.